The molecular weight excluding hydrogens is 220 g/mol. The Morgan fingerprint density at radius 2 is 2.18 bits per heavy atom. The van der Waals surface area contributed by atoms with Crippen LogP contribution >= 0.6 is 0 Å². The normalized spacial score (nSPS) is 17.5. The third-order valence-corrected chi connectivity index (χ3v) is 2.76. The van der Waals surface area contributed by atoms with Crippen LogP contribution in [0, 0.1) is 0 Å². The first-order chi connectivity index (χ1) is 8.22. The monoisotopic (exact) mass is 236 g/mol. The quantitative estimate of drug-likeness (QED) is 0.812. The summed E-state index contributed by atoms with van der Waals surface area (Å²) >= 11 is 0. The fourth-order valence-electron chi connectivity index (χ4n) is 2.04. The van der Waals surface area contributed by atoms with Crippen LogP contribution in [-0.4, -0.2) is 40.8 Å². The van der Waals surface area contributed by atoms with E-state index in [1.807, 2.05) is 0 Å². The van der Waals surface area contributed by atoms with Crippen LogP contribution < -0.4 is 5.01 Å². The van der Waals surface area contributed by atoms with Crippen molar-refractivity contribution in [3.63, 3.8) is 0 Å². The van der Waals surface area contributed by atoms with E-state index in [1.165, 1.54) is 0 Å². The summed E-state index contributed by atoms with van der Waals surface area (Å²) in [6.07, 6.45) is 1.30. The van der Waals surface area contributed by atoms with Crippen LogP contribution in [-0.2, 0) is 4.79 Å². The Balaban J connectivity index is 2.27. The second-order valence-corrected chi connectivity index (χ2v) is 4.01. The minimum absolute atomic E-state index is 0.00258. The van der Waals surface area contributed by atoms with Crippen molar-refractivity contribution in [2.45, 2.75) is 12.8 Å². The number of nitrogens with zero attached hydrogens (tertiary/aromatic N) is 2. The van der Waals surface area contributed by atoms with Crippen molar-refractivity contribution in [2.24, 2.45) is 0 Å². The molecule has 1 amide bonds. The number of phenols is 1. The van der Waals surface area contributed by atoms with E-state index in [0.717, 1.165) is 13.0 Å². The highest BCUT2D eigenvalue weighted by molar-refractivity contribution is 5.93. The smallest absolute Gasteiger partial charge is 0.241 e. The van der Waals surface area contributed by atoms with Gasteiger partial charge in [-0.1, -0.05) is 6.07 Å². The van der Waals surface area contributed by atoms with Crippen LogP contribution in [0.4, 0.5) is 5.69 Å². The van der Waals surface area contributed by atoms with Gasteiger partial charge >= 0.3 is 0 Å². The molecule has 1 saturated heterocycles. The fraction of sp³-hybridized carbons (Fsp3) is 0.417. The molecule has 1 fully saturated rings. The van der Waals surface area contributed by atoms with Gasteiger partial charge in [-0.2, -0.15) is 0 Å². The molecule has 1 aromatic carbocycles. The number of carbonyl (C=O) groups is 1. The molecule has 0 atom stereocenters. The van der Waals surface area contributed by atoms with Crippen molar-refractivity contribution in [2.75, 3.05) is 24.7 Å². The van der Waals surface area contributed by atoms with E-state index in [-0.39, 0.29) is 18.3 Å². The van der Waals surface area contributed by atoms with Crippen LogP contribution in [0.2, 0.25) is 0 Å². The van der Waals surface area contributed by atoms with E-state index in [2.05, 4.69) is 0 Å². The minimum Gasteiger partial charge on any atom is -0.508 e. The van der Waals surface area contributed by atoms with Gasteiger partial charge in [0.05, 0.1) is 12.3 Å². The molecule has 92 valence electrons. The molecule has 2 N–H and O–H groups in total. The number of anilines is 1. The fourth-order valence-corrected chi connectivity index (χ4v) is 2.04. The predicted octanol–water partition coefficient (Wildman–Crippen LogP) is 0.728. The molecule has 2 rings (SSSR count). The first-order valence-electron chi connectivity index (χ1n) is 5.70. The summed E-state index contributed by atoms with van der Waals surface area (Å²) < 4.78 is 0. The minimum atomic E-state index is -0.00435. The molecule has 1 aromatic rings. The van der Waals surface area contributed by atoms with Gasteiger partial charge in [0.2, 0.25) is 5.91 Å². The average Bonchev–Trinajstić information content (AvgIpc) is 2.29. The summed E-state index contributed by atoms with van der Waals surface area (Å²) in [7, 11) is 0. The van der Waals surface area contributed by atoms with Crippen molar-refractivity contribution in [1.29, 1.82) is 0 Å². The van der Waals surface area contributed by atoms with Gasteiger partial charge in [-0.15, -0.1) is 0 Å². The molecule has 0 aliphatic carbocycles. The van der Waals surface area contributed by atoms with Crippen molar-refractivity contribution in [3.8, 4) is 5.75 Å². The van der Waals surface area contributed by atoms with E-state index in [0.29, 0.717) is 18.7 Å². The molecule has 0 saturated carbocycles. The van der Waals surface area contributed by atoms with Gasteiger partial charge in [0, 0.05) is 25.6 Å². The molecule has 1 heterocycles. The number of β-amino-alcohol motifs (C(OH)–C–C–N with tert-alkyl or cyclic N) is 1. The topological polar surface area (TPSA) is 64.0 Å². The lowest BCUT2D eigenvalue weighted by Crippen LogP contribution is -2.51. The summed E-state index contributed by atoms with van der Waals surface area (Å²) in [5.74, 6) is 0.125. The van der Waals surface area contributed by atoms with Gasteiger partial charge in [0.1, 0.15) is 5.75 Å². The number of hydrogen-bond acceptors (Lipinski definition) is 4. The number of phenolic OH excluding ortho intramolecular Hbond substituents is 1. The zero-order valence-corrected chi connectivity index (χ0v) is 9.54. The number of aliphatic hydroxyl groups is 1. The molecule has 17 heavy (non-hydrogen) atoms. The Bertz CT molecular complexity index is 406. The van der Waals surface area contributed by atoms with Crippen LogP contribution in [0.3, 0.4) is 0 Å². The molecule has 5 nitrogen and oxygen atoms in total. The third kappa shape index (κ3) is 2.57. The molecule has 1 aliphatic rings. The number of aliphatic hydroxyl groups excluding tert-OH is 1. The van der Waals surface area contributed by atoms with Gasteiger partial charge < -0.3 is 10.2 Å². The summed E-state index contributed by atoms with van der Waals surface area (Å²) in [5, 5.41) is 21.8. The van der Waals surface area contributed by atoms with Crippen molar-refractivity contribution in [1.82, 2.24) is 5.01 Å². The highest BCUT2D eigenvalue weighted by Crippen LogP contribution is 2.25. The average molecular weight is 236 g/mol. The summed E-state index contributed by atoms with van der Waals surface area (Å²) in [6, 6.07) is 6.58. The van der Waals surface area contributed by atoms with Crippen molar-refractivity contribution in [3.05, 3.63) is 24.3 Å². The Morgan fingerprint density at radius 1 is 1.35 bits per heavy atom. The Kier molecular flexibility index (Phi) is 3.61. The number of carbonyl (C=O) groups excluding carboxylic acids is 1. The van der Waals surface area contributed by atoms with Crippen molar-refractivity contribution < 1.29 is 15.0 Å². The van der Waals surface area contributed by atoms with Crippen LogP contribution in [0.25, 0.3) is 0 Å². The van der Waals surface area contributed by atoms with E-state index in [1.54, 1.807) is 34.3 Å². The molecular formula is C12H16N2O3. The lowest BCUT2D eigenvalue weighted by molar-refractivity contribution is -0.124. The van der Waals surface area contributed by atoms with Crippen LogP contribution in [0.5, 0.6) is 5.75 Å². The van der Waals surface area contributed by atoms with Crippen LogP contribution in [0.1, 0.15) is 12.8 Å². The van der Waals surface area contributed by atoms with E-state index < -0.39 is 0 Å². The SMILES string of the molecule is O=C1CCCN(CCO)N1c1cccc(O)c1. The van der Waals surface area contributed by atoms with Gasteiger partial charge in [0.25, 0.3) is 0 Å². The number of amides is 1. The molecule has 0 unspecified atom stereocenters. The molecule has 5 heteroatoms. The number of hydrazine groups is 1. The summed E-state index contributed by atoms with van der Waals surface area (Å²) in [5.41, 5.74) is 0.642. The Hall–Kier alpha value is -1.59. The Labute approximate surface area is 99.9 Å². The standard InChI is InChI=1S/C12H16N2O3/c15-8-7-13-6-2-5-12(17)14(13)10-3-1-4-11(16)9-10/h1,3-4,9,15-16H,2,5-8H2. The third-order valence-electron chi connectivity index (χ3n) is 2.76. The number of hydrogen-bond donors (Lipinski definition) is 2. The van der Waals surface area contributed by atoms with Crippen LogP contribution in [0.15, 0.2) is 24.3 Å². The number of benzene rings is 1. The van der Waals surface area contributed by atoms with E-state index >= 15 is 0 Å². The second kappa shape index (κ2) is 5.16. The van der Waals surface area contributed by atoms with Gasteiger partial charge in [0.15, 0.2) is 0 Å². The number of rotatable bonds is 3. The zero-order chi connectivity index (χ0) is 12.3. The highest BCUT2D eigenvalue weighted by Gasteiger charge is 2.27. The van der Waals surface area contributed by atoms with Gasteiger partial charge in [-0.05, 0) is 18.6 Å². The first-order valence-corrected chi connectivity index (χ1v) is 5.70. The summed E-state index contributed by atoms with van der Waals surface area (Å²) in [6.45, 7) is 1.16. The molecule has 0 radical (unpaired) electrons. The molecule has 0 bridgehead atoms. The zero-order valence-electron chi connectivity index (χ0n) is 9.54. The highest BCUT2D eigenvalue weighted by atomic mass is 16.3. The second-order valence-electron chi connectivity index (χ2n) is 4.01. The van der Waals surface area contributed by atoms with E-state index in [9.17, 15) is 9.90 Å². The number of aromatic hydroxyl groups is 1. The van der Waals surface area contributed by atoms with Gasteiger partial charge in [-0.25, -0.2) is 10.0 Å². The molecule has 0 aromatic heterocycles. The van der Waals surface area contributed by atoms with Crippen molar-refractivity contribution >= 4 is 11.6 Å². The maximum Gasteiger partial charge on any atom is 0.241 e. The first kappa shape index (κ1) is 11.9. The maximum absolute atomic E-state index is 11.9. The maximum atomic E-state index is 11.9. The lowest BCUT2D eigenvalue weighted by atomic mass is 10.2. The largest absolute Gasteiger partial charge is 0.508 e. The predicted molar refractivity (Wildman–Crippen MR) is 63.5 cm³/mol. The molecule has 1 aliphatic heterocycles. The van der Waals surface area contributed by atoms with Gasteiger partial charge in [-0.3, -0.25) is 4.79 Å². The summed E-state index contributed by atoms with van der Waals surface area (Å²) in [4.78, 5) is 11.9. The molecule has 0 spiro atoms. The Morgan fingerprint density at radius 3 is 2.88 bits per heavy atom. The lowest BCUT2D eigenvalue weighted by Gasteiger charge is -2.38. The van der Waals surface area contributed by atoms with E-state index in [4.69, 9.17) is 5.11 Å².